The topological polar surface area (TPSA) is 87.4 Å². The lowest BCUT2D eigenvalue weighted by atomic mass is 9.92. The summed E-state index contributed by atoms with van der Waals surface area (Å²) in [5.41, 5.74) is 5.01. The molecule has 1 amide bonds. The van der Waals surface area contributed by atoms with Crippen molar-refractivity contribution in [2.45, 2.75) is 19.0 Å². The van der Waals surface area contributed by atoms with E-state index in [1.54, 1.807) is 0 Å². The van der Waals surface area contributed by atoms with Crippen molar-refractivity contribution < 1.29 is 9.90 Å². The number of hydrogen-bond acceptors (Lipinski definition) is 3. The summed E-state index contributed by atoms with van der Waals surface area (Å²) < 4.78 is 0. The van der Waals surface area contributed by atoms with Gasteiger partial charge in [0.2, 0.25) is 0 Å². The minimum Gasteiger partial charge on any atom is -0.465 e. The first-order valence-corrected chi connectivity index (χ1v) is 4.02. The lowest BCUT2D eigenvalue weighted by molar-refractivity contribution is 0.158. The molecule has 0 saturated carbocycles. The number of amides is 1. The van der Waals surface area contributed by atoms with E-state index in [-0.39, 0.29) is 0 Å². The first kappa shape index (κ1) is 9.28. The van der Waals surface area contributed by atoms with Crippen molar-refractivity contribution in [2.75, 3.05) is 13.1 Å². The van der Waals surface area contributed by atoms with Crippen LogP contribution in [-0.2, 0) is 0 Å². The molecule has 5 heteroatoms. The van der Waals surface area contributed by atoms with Gasteiger partial charge in [0.25, 0.3) is 0 Å². The molecule has 1 aliphatic rings. The fourth-order valence-corrected chi connectivity index (χ4v) is 1.62. The van der Waals surface area contributed by atoms with Crippen molar-refractivity contribution in [1.29, 1.82) is 0 Å². The number of piperidine rings is 1. The maximum Gasteiger partial charge on any atom is 0.406 e. The Bertz CT molecular complexity index is 185. The molecule has 0 bridgehead atoms. The third-order valence-corrected chi connectivity index (χ3v) is 2.00. The zero-order chi connectivity index (χ0) is 9.19. The second-order valence-corrected chi connectivity index (χ2v) is 3.53. The van der Waals surface area contributed by atoms with Gasteiger partial charge in [0.05, 0.1) is 0 Å². The molecule has 1 fully saturated rings. The van der Waals surface area contributed by atoms with Crippen LogP contribution in [0, 0.1) is 5.92 Å². The van der Waals surface area contributed by atoms with Crippen LogP contribution in [0.25, 0.3) is 0 Å². The molecule has 0 aromatic carbocycles. The van der Waals surface area contributed by atoms with Crippen molar-refractivity contribution in [3.8, 4) is 0 Å². The predicted molar refractivity (Wildman–Crippen MR) is 44.7 cm³/mol. The average molecular weight is 173 g/mol. The fraction of sp³-hybridized carbons (Fsp3) is 0.857. The zero-order valence-electron chi connectivity index (χ0n) is 7.13. The summed E-state index contributed by atoms with van der Waals surface area (Å²) in [4.78, 5) is 10.4. The van der Waals surface area contributed by atoms with Gasteiger partial charge in [-0.3, -0.25) is 0 Å². The van der Waals surface area contributed by atoms with Crippen molar-refractivity contribution >= 4 is 6.09 Å². The van der Waals surface area contributed by atoms with Crippen molar-refractivity contribution in [3.63, 3.8) is 0 Å². The molecule has 0 aromatic rings. The van der Waals surface area contributed by atoms with Crippen LogP contribution in [0.2, 0.25) is 0 Å². The Balaban J connectivity index is 2.51. The van der Waals surface area contributed by atoms with Gasteiger partial charge in [-0.15, -0.1) is 0 Å². The predicted octanol–water partition coefficient (Wildman–Crippen LogP) is -0.462. The molecule has 2 atom stereocenters. The third kappa shape index (κ3) is 2.35. The van der Waals surface area contributed by atoms with E-state index in [1.807, 2.05) is 6.92 Å². The van der Waals surface area contributed by atoms with E-state index < -0.39 is 11.8 Å². The molecule has 1 saturated heterocycles. The summed E-state index contributed by atoms with van der Waals surface area (Å²) in [5, 5.41) is 13.9. The standard InChI is InChI=1S/C7H15N3O2/c1-5-2-7(8,4-9-3-5)10-6(11)12/h5,9-10H,2-4,8H2,1H3,(H,11,12)/t5?,7-/m0/s1. The number of carbonyl (C=O) groups is 1. The van der Waals surface area contributed by atoms with Crippen LogP contribution in [0.4, 0.5) is 4.79 Å². The SMILES string of the molecule is CC1CNC[C@@](N)(NC(=O)O)C1. The molecule has 1 unspecified atom stereocenters. The Hall–Kier alpha value is -0.810. The summed E-state index contributed by atoms with van der Waals surface area (Å²) in [6.07, 6.45) is -0.375. The first-order valence-electron chi connectivity index (χ1n) is 4.02. The van der Waals surface area contributed by atoms with Gasteiger partial charge in [-0.25, -0.2) is 4.79 Å². The molecular weight excluding hydrogens is 158 g/mol. The Kier molecular flexibility index (Phi) is 2.54. The molecule has 5 nitrogen and oxygen atoms in total. The highest BCUT2D eigenvalue weighted by Gasteiger charge is 2.32. The van der Waals surface area contributed by atoms with Crippen LogP contribution in [0.15, 0.2) is 0 Å². The van der Waals surface area contributed by atoms with E-state index in [2.05, 4.69) is 10.6 Å². The van der Waals surface area contributed by atoms with E-state index in [0.29, 0.717) is 18.9 Å². The summed E-state index contributed by atoms with van der Waals surface area (Å²) in [7, 11) is 0. The normalized spacial score (nSPS) is 36.0. The molecule has 0 aliphatic carbocycles. The van der Waals surface area contributed by atoms with Crippen LogP contribution in [0.3, 0.4) is 0 Å². The lowest BCUT2D eigenvalue weighted by Crippen LogP contribution is -2.65. The van der Waals surface area contributed by atoms with Gasteiger partial charge < -0.3 is 21.5 Å². The van der Waals surface area contributed by atoms with Gasteiger partial charge in [0.15, 0.2) is 0 Å². The first-order chi connectivity index (χ1) is 5.52. The maximum atomic E-state index is 10.4. The van der Waals surface area contributed by atoms with E-state index in [4.69, 9.17) is 10.8 Å². The Morgan fingerprint density at radius 2 is 2.50 bits per heavy atom. The highest BCUT2D eigenvalue weighted by Crippen LogP contribution is 2.15. The van der Waals surface area contributed by atoms with Crippen LogP contribution >= 0.6 is 0 Å². The minimum atomic E-state index is -1.06. The number of nitrogens with one attached hydrogen (secondary N) is 2. The Morgan fingerprint density at radius 3 is 3.00 bits per heavy atom. The third-order valence-electron chi connectivity index (χ3n) is 2.00. The number of hydrogen-bond donors (Lipinski definition) is 4. The maximum absolute atomic E-state index is 10.4. The van der Waals surface area contributed by atoms with Gasteiger partial charge in [-0.2, -0.15) is 0 Å². The van der Waals surface area contributed by atoms with Crippen molar-refractivity contribution in [2.24, 2.45) is 11.7 Å². The molecule has 0 radical (unpaired) electrons. The highest BCUT2D eigenvalue weighted by molar-refractivity contribution is 5.65. The average Bonchev–Trinajstić information content (AvgIpc) is 1.82. The molecule has 5 N–H and O–H groups in total. The molecule has 1 aliphatic heterocycles. The second kappa shape index (κ2) is 3.28. The number of nitrogens with two attached hydrogens (primary N) is 1. The summed E-state index contributed by atoms with van der Waals surface area (Å²) >= 11 is 0. The van der Waals surface area contributed by atoms with Gasteiger partial charge in [0.1, 0.15) is 5.66 Å². The molecule has 0 aromatic heterocycles. The van der Waals surface area contributed by atoms with Gasteiger partial charge in [0, 0.05) is 6.54 Å². The van der Waals surface area contributed by atoms with Gasteiger partial charge in [-0.05, 0) is 18.9 Å². The quantitative estimate of drug-likeness (QED) is 0.404. The monoisotopic (exact) mass is 173 g/mol. The van der Waals surface area contributed by atoms with Crippen molar-refractivity contribution in [3.05, 3.63) is 0 Å². The number of rotatable bonds is 1. The summed E-state index contributed by atoms with van der Waals surface area (Å²) in [6.45, 7) is 3.45. The summed E-state index contributed by atoms with van der Waals surface area (Å²) in [5.74, 6) is 0.413. The molecule has 1 heterocycles. The van der Waals surface area contributed by atoms with Crippen LogP contribution in [-0.4, -0.2) is 30.0 Å². The van der Waals surface area contributed by atoms with E-state index in [9.17, 15) is 4.79 Å². The van der Waals surface area contributed by atoms with Crippen molar-refractivity contribution in [1.82, 2.24) is 10.6 Å². The molecule has 12 heavy (non-hydrogen) atoms. The Labute approximate surface area is 71.3 Å². The second-order valence-electron chi connectivity index (χ2n) is 3.53. The highest BCUT2D eigenvalue weighted by atomic mass is 16.4. The molecule has 0 spiro atoms. The molecule has 1 rings (SSSR count). The Morgan fingerprint density at radius 1 is 1.83 bits per heavy atom. The fourth-order valence-electron chi connectivity index (χ4n) is 1.62. The van der Waals surface area contributed by atoms with Crippen LogP contribution in [0.1, 0.15) is 13.3 Å². The minimum absolute atomic E-state index is 0.413. The largest absolute Gasteiger partial charge is 0.465 e. The summed E-state index contributed by atoms with van der Waals surface area (Å²) in [6, 6.07) is 0. The number of carboxylic acid groups (broad SMARTS) is 1. The molecular formula is C7H15N3O2. The molecule has 70 valence electrons. The van der Waals surface area contributed by atoms with Gasteiger partial charge in [-0.1, -0.05) is 6.92 Å². The van der Waals surface area contributed by atoms with Crippen LogP contribution < -0.4 is 16.4 Å². The zero-order valence-corrected chi connectivity index (χ0v) is 7.13. The van der Waals surface area contributed by atoms with E-state index in [1.165, 1.54) is 0 Å². The lowest BCUT2D eigenvalue weighted by Gasteiger charge is -2.36. The van der Waals surface area contributed by atoms with Gasteiger partial charge >= 0.3 is 6.09 Å². The van der Waals surface area contributed by atoms with Crippen LogP contribution in [0.5, 0.6) is 0 Å². The van der Waals surface area contributed by atoms with E-state index >= 15 is 0 Å². The smallest absolute Gasteiger partial charge is 0.406 e. The van der Waals surface area contributed by atoms with E-state index in [0.717, 1.165) is 6.54 Å².